The van der Waals surface area contributed by atoms with Crippen molar-refractivity contribution in [3.63, 3.8) is 0 Å². The van der Waals surface area contributed by atoms with Crippen LogP contribution in [0.25, 0.3) is 10.8 Å². The second-order valence-electron chi connectivity index (χ2n) is 7.55. The third-order valence-electron chi connectivity index (χ3n) is 5.05. The average Bonchev–Trinajstić information content (AvgIpc) is 2.81. The van der Waals surface area contributed by atoms with Crippen molar-refractivity contribution in [2.24, 2.45) is 5.10 Å². The van der Waals surface area contributed by atoms with Gasteiger partial charge in [-0.25, -0.2) is 10.2 Å². The molecular formula is C27H21BrN2O3. The van der Waals surface area contributed by atoms with Gasteiger partial charge in [0.05, 0.1) is 18.2 Å². The SMILES string of the molecule is Cc1cccc(C(=O)Oc2ccc(Br)cc2/C=N\NC(=O)Cc2cccc3ccccc23)c1. The van der Waals surface area contributed by atoms with Gasteiger partial charge in [0.2, 0.25) is 5.91 Å². The summed E-state index contributed by atoms with van der Waals surface area (Å²) in [6.07, 6.45) is 1.66. The Labute approximate surface area is 200 Å². The van der Waals surface area contributed by atoms with E-state index in [1.54, 1.807) is 36.4 Å². The number of nitrogens with zero attached hydrogens (tertiary/aromatic N) is 1. The van der Waals surface area contributed by atoms with Gasteiger partial charge in [-0.2, -0.15) is 5.10 Å². The standard InChI is InChI=1S/C27H21BrN2O3/c1-18-6-4-10-21(14-18)27(32)33-25-13-12-23(28)15-22(25)17-29-30-26(31)16-20-9-5-8-19-7-2-3-11-24(19)20/h2-15,17H,16H2,1H3,(H,30,31)/b29-17-. The molecule has 0 unspecified atom stereocenters. The number of nitrogens with one attached hydrogen (secondary N) is 1. The zero-order chi connectivity index (χ0) is 23.2. The van der Waals surface area contributed by atoms with E-state index in [0.717, 1.165) is 26.4 Å². The first kappa shape index (κ1) is 22.4. The highest BCUT2D eigenvalue weighted by molar-refractivity contribution is 9.10. The fraction of sp³-hybridized carbons (Fsp3) is 0.0741. The van der Waals surface area contributed by atoms with Crippen LogP contribution in [0, 0.1) is 6.92 Å². The first-order valence-corrected chi connectivity index (χ1v) is 11.2. The molecule has 0 aliphatic rings. The summed E-state index contributed by atoms with van der Waals surface area (Å²) in [5.41, 5.74) is 5.47. The predicted octanol–water partition coefficient (Wildman–Crippen LogP) is 5.82. The number of hydrogen-bond acceptors (Lipinski definition) is 4. The third-order valence-corrected chi connectivity index (χ3v) is 5.55. The molecule has 0 spiro atoms. The molecular weight excluding hydrogens is 480 g/mol. The molecule has 4 aromatic carbocycles. The lowest BCUT2D eigenvalue weighted by atomic mass is 10.0. The van der Waals surface area contributed by atoms with Gasteiger partial charge in [-0.1, -0.05) is 76.1 Å². The Morgan fingerprint density at radius 2 is 1.76 bits per heavy atom. The number of hydrogen-bond donors (Lipinski definition) is 1. The number of aryl methyl sites for hydroxylation is 1. The Balaban J connectivity index is 1.46. The summed E-state index contributed by atoms with van der Waals surface area (Å²) in [6, 6.07) is 26.2. The Bertz CT molecular complexity index is 1360. The Hall–Kier alpha value is -3.77. The molecule has 0 saturated carbocycles. The summed E-state index contributed by atoms with van der Waals surface area (Å²) in [5, 5.41) is 6.20. The smallest absolute Gasteiger partial charge is 0.343 e. The van der Waals surface area contributed by atoms with Crippen LogP contribution in [0.5, 0.6) is 5.75 Å². The van der Waals surface area contributed by atoms with Gasteiger partial charge >= 0.3 is 5.97 Å². The Morgan fingerprint density at radius 3 is 2.61 bits per heavy atom. The van der Waals surface area contributed by atoms with Crippen molar-refractivity contribution in [2.45, 2.75) is 13.3 Å². The van der Waals surface area contributed by atoms with Gasteiger partial charge in [0.1, 0.15) is 5.75 Å². The summed E-state index contributed by atoms with van der Waals surface area (Å²) in [4.78, 5) is 25.0. The highest BCUT2D eigenvalue weighted by Crippen LogP contribution is 2.23. The van der Waals surface area contributed by atoms with Crippen LogP contribution in [0.4, 0.5) is 0 Å². The van der Waals surface area contributed by atoms with E-state index in [9.17, 15) is 9.59 Å². The highest BCUT2D eigenvalue weighted by atomic mass is 79.9. The summed E-state index contributed by atoms with van der Waals surface area (Å²) >= 11 is 3.42. The maximum Gasteiger partial charge on any atom is 0.343 e. The molecule has 0 bridgehead atoms. The van der Waals surface area contributed by atoms with Gasteiger partial charge in [0.25, 0.3) is 0 Å². The predicted molar refractivity (Wildman–Crippen MR) is 134 cm³/mol. The molecule has 5 nitrogen and oxygen atoms in total. The van der Waals surface area contributed by atoms with E-state index in [4.69, 9.17) is 4.74 Å². The molecule has 0 saturated heterocycles. The van der Waals surface area contributed by atoms with E-state index in [1.165, 1.54) is 6.21 Å². The minimum atomic E-state index is -0.462. The number of rotatable bonds is 6. The first-order valence-electron chi connectivity index (χ1n) is 10.4. The maximum absolute atomic E-state index is 12.5. The van der Waals surface area contributed by atoms with E-state index in [2.05, 4.69) is 26.5 Å². The summed E-state index contributed by atoms with van der Waals surface area (Å²) in [5.74, 6) is -0.358. The van der Waals surface area contributed by atoms with Crippen molar-refractivity contribution in [1.29, 1.82) is 0 Å². The van der Waals surface area contributed by atoms with Crippen molar-refractivity contribution in [2.75, 3.05) is 0 Å². The number of hydrazone groups is 1. The fourth-order valence-electron chi connectivity index (χ4n) is 3.48. The number of benzene rings is 4. The average molecular weight is 501 g/mol. The van der Waals surface area contributed by atoms with Crippen molar-refractivity contribution >= 4 is 44.8 Å². The summed E-state index contributed by atoms with van der Waals surface area (Å²) < 4.78 is 6.37. The molecule has 0 atom stereocenters. The van der Waals surface area contributed by atoms with Crippen molar-refractivity contribution in [1.82, 2.24) is 5.43 Å². The molecule has 33 heavy (non-hydrogen) atoms. The van der Waals surface area contributed by atoms with E-state index in [1.807, 2.05) is 55.5 Å². The minimum absolute atomic E-state index is 0.201. The lowest BCUT2D eigenvalue weighted by Crippen LogP contribution is -2.20. The van der Waals surface area contributed by atoms with E-state index in [-0.39, 0.29) is 12.3 Å². The number of esters is 1. The number of ether oxygens (including phenoxy) is 1. The molecule has 0 aliphatic carbocycles. The maximum atomic E-state index is 12.5. The van der Waals surface area contributed by atoms with E-state index in [0.29, 0.717) is 16.9 Å². The van der Waals surface area contributed by atoms with Crippen LogP contribution in [0.15, 0.2) is 94.5 Å². The monoisotopic (exact) mass is 500 g/mol. The second-order valence-corrected chi connectivity index (χ2v) is 8.47. The van der Waals surface area contributed by atoms with Gasteiger partial charge in [-0.3, -0.25) is 4.79 Å². The molecule has 4 rings (SSSR count). The van der Waals surface area contributed by atoms with Crippen LogP contribution < -0.4 is 10.2 Å². The van der Waals surface area contributed by atoms with Crippen LogP contribution in [-0.2, 0) is 11.2 Å². The lowest BCUT2D eigenvalue weighted by Gasteiger charge is -2.09. The zero-order valence-corrected chi connectivity index (χ0v) is 19.5. The molecule has 0 aliphatic heterocycles. The Kier molecular flexibility index (Phi) is 6.95. The van der Waals surface area contributed by atoms with Gasteiger partial charge in [0.15, 0.2) is 0 Å². The number of amides is 1. The summed E-state index contributed by atoms with van der Waals surface area (Å²) in [6.45, 7) is 1.91. The topological polar surface area (TPSA) is 67.8 Å². The molecule has 0 fully saturated rings. The van der Waals surface area contributed by atoms with Crippen molar-refractivity contribution in [3.05, 3.63) is 112 Å². The molecule has 0 aromatic heterocycles. The zero-order valence-electron chi connectivity index (χ0n) is 17.9. The number of fused-ring (bicyclic) bond motifs is 1. The molecule has 0 heterocycles. The first-order chi connectivity index (χ1) is 16.0. The van der Waals surface area contributed by atoms with Crippen molar-refractivity contribution in [3.8, 4) is 5.75 Å². The quantitative estimate of drug-likeness (QED) is 0.157. The highest BCUT2D eigenvalue weighted by Gasteiger charge is 2.12. The molecule has 4 aromatic rings. The van der Waals surface area contributed by atoms with Crippen LogP contribution in [0.3, 0.4) is 0 Å². The molecule has 1 N–H and O–H groups in total. The molecule has 0 radical (unpaired) electrons. The second kappa shape index (κ2) is 10.2. The van der Waals surface area contributed by atoms with Crippen LogP contribution >= 0.6 is 15.9 Å². The van der Waals surface area contributed by atoms with Crippen LogP contribution in [0.1, 0.15) is 27.0 Å². The molecule has 1 amide bonds. The Morgan fingerprint density at radius 1 is 0.970 bits per heavy atom. The van der Waals surface area contributed by atoms with E-state index < -0.39 is 5.97 Å². The molecule has 164 valence electrons. The number of halogens is 1. The van der Waals surface area contributed by atoms with Crippen molar-refractivity contribution < 1.29 is 14.3 Å². The normalized spacial score (nSPS) is 11.0. The van der Waals surface area contributed by atoms with Crippen LogP contribution in [-0.4, -0.2) is 18.1 Å². The van der Waals surface area contributed by atoms with E-state index >= 15 is 0 Å². The fourth-order valence-corrected chi connectivity index (χ4v) is 3.86. The largest absolute Gasteiger partial charge is 0.422 e. The number of carbonyl (C=O) groups excluding carboxylic acids is 2. The third kappa shape index (κ3) is 5.73. The van der Waals surface area contributed by atoms with Gasteiger partial charge < -0.3 is 4.74 Å². The summed E-state index contributed by atoms with van der Waals surface area (Å²) in [7, 11) is 0. The lowest BCUT2D eigenvalue weighted by molar-refractivity contribution is -0.120. The van der Waals surface area contributed by atoms with Crippen LogP contribution in [0.2, 0.25) is 0 Å². The van der Waals surface area contributed by atoms with Gasteiger partial charge in [0, 0.05) is 10.0 Å². The van der Waals surface area contributed by atoms with Gasteiger partial charge in [-0.05, 0) is 53.6 Å². The van der Waals surface area contributed by atoms with Gasteiger partial charge in [-0.15, -0.1) is 0 Å². The number of carbonyl (C=O) groups is 2. The minimum Gasteiger partial charge on any atom is -0.422 e. The molecule has 6 heteroatoms.